The molecule has 72 valence electrons. The third kappa shape index (κ3) is 3.88. The third-order valence-corrected chi connectivity index (χ3v) is 1.25. The lowest BCUT2D eigenvalue weighted by Crippen LogP contribution is -2.19. The molecule has 1 aromatic heterocycles. The second-order valence-corrected chi connectivity index (χ2v) is 2.53. The van der Waals surface area contributed by atoms with Crippen molar-refractivity contribution in [3.05, 3.63) is 17.0 Å². The number of aromatic nitrogens is 2. The summed E-state index contributed by atoms with van der Waals surface area (Å²) in [6.45, 7) is -1.34. The van der Waals surface area contributed by atoms with Crippen LogP contribution in [0, 0.1) is 4.77 Å². The highest BCUT2D eigenvalue weighted by molar-refractivity contribution is 7.71. The minimum atomic E-state index is -4.35. The minimum Gasteiger partial charge on any atom is -0.469 e. The Labute approximate surface area is 76.6 Å². The number of rotatable bonds is 2. The topological polar surface area (TPSA) is 37.9 Å². The molecule has 1 aromatic rings. The first-order chi connectivity index (χ1) is 5.97. The number of ether oxygens (including phenoxy) is 1. The van der Waals surface area contributed by atoms with E-state index in [0.717, 1.165) is 0 Å². The van der Waals surface area contributed by atoms with Gasteiger partial charge in [-0.3, -0.25) is 0 Å². The van der Waals surface area contributed by atoms with E-state index in [1.165, 1.54) is 12.3 Å². The molecule has 0 fully saturated rings. The van der Waals surface area contributed by atoms with E-state index in [1.54, 1.807) is 0 Å². The maximum absolute atomic E-state index is 11.7. The maximum atomic E-state index is 11.7. The fourth-order valence-electron chi connectivity index (χ4n) is 0.596. The van der Waals surface area contributed by atoms with Crippen LogP contribution in [-0.4, -0.2) is 22.8 Å². The van der Waals surface area contributed by atoms with E-state index >= 15 is 0 Å². The number of nitrogens with zero attached hydrogens (tertiary/aromatic N) is 1. The van der Waals surface area contributed by atoms with Crippen molar-refractivity contribution in [2.45, 2.75) is 6.18 Å². The van der Waals surface area contributed by atoms with Gasteiger partial charge < -0.3 is 9.72 Å². The van der Waals surface area contributed by atoms with Gasteiger partial charge in [0.05, 0.1) is 0 Å². The lowest BCUT2D eigenvalue weighted by Gasteiger charge is -2.07. The fourth-order valence-corrected chi connectivity index (χ4v) is 0.757. The summed E-state index contributed by atoms with van der Waals surface area (Å²) in [6.07, 6.45) is -3.08. The predicted octanol–water partition coefficient (Wildman–Crippen LogP) is 2.08. The van der Waals surface area contributed by atoms with Crippen molar-refractivity contribution in [3.8, 4) is 5.88 Å². The number of H-pyrrole nitrogens is 1. The first-order valence-corrected chi connectivity index (χ1v) is 3.63. The molecule has 7 heteroatoms. The zero-order valence-corrected chi connectivity index (χ0v) is 7.08. The van der Waals surface area contributed by atoms with E-state index in [9.17, 15) is 13.2 Å². The molecule has 0 unspecified atom stereocenters. The van der Waals surface area contributed by atoms with Crippen molar-refractivity contribution in [2.24, 2.45) is 0 Å². The van der Waals surface area contributed by atoms with E-state index in [0.29, 0.717) is 0 Å². The first-order valence-electron chi connectivity index (χ1n) is 3.22. The van der Waals surface area contributed by atoms with Gasteiger partial charge in [0, 0.05) is 12.3 Å². The highest BCUT2D eigenvalue weighted by atomic mass is 32.1. The molecular formula is C6H5F3N2OS. The van der Waals surface area contributed by atoms with E-state index in [-0.39, 0.29) is 10.7 Å². The standard InChI is InChI=1S/C6H5F3N2OS/c7-6(8,9)3-12-4-1-2-10-5(13)11-4/h1-2H,3H2,(H,10,11,13). The Morgan fingerprint density at radius 3 is 2.77 bits per heavy atom. The highest BCUT2D eigenvalue weighted by Crippen LogP contribution is 2.16. The predicted molar refractivity (Wildman–Crippen MR) is 41.0 cm³/mol. The van der Waals surface area contributed by atoms with Crippen molar-refractivity contribution in [1.29, 1.82) is 0 Å². The summed E-state index contributed by atoms with van der Waals surface area (Å²) in [7, 11) is 0. The molecule has 0 radical (unpaired) electrons. The summed E-state index contributed by atoms with van der Waals surface area (Å²) >= 11 is 4.58. The maximum Gasteiger partial charge on any atom is 0.422 e. The van der Waals surface area contributed by atoms with E-state index in [4.69, 9.17) is 0 Å². The first kappa shape index (κ1) is 9.97. The second-order valence-electron chi connectivity index (χ2n) is 2.14. The number of halogens is 3. The summed E-state index contributed by atoms with van der Waals surface area (Å²) in [5.74, 6) is -0.0441. The smallest absolute Gasteiger partial charge is 0.422 e. The van der Waals surface area contributed by atoms with Gasteiger partial charge in [0.15, 0.2) is 17.3 Å². The molecule has 0 amide bonds. The van der Waals surface area contributed by atoms with Crippen molar-refractivity contribution in [2.75, 3.05) is 6.61 Å². The second kappa shape index (κ2) is 3.73. The lowest BCUT2D eigenvalue weighted by atomic mass is 10.6. The Morgan fingerprint density at radius 2 is 2.23 bits per heavy atom. The van der Waals surface area contributed by atoms with E-state index in [1.807, 2.05) is 0 Å². The molecule has 3 nitrogen and oxygen atoms in total. The molecule has 0 aliphatic heterocycles. The summed E-state index contributed by atoms with van der Waals surface area (Å²) < 4.78 is 39.4. The van der Waals surface area contributed by atoms with Gasteiger partial charge in [0.2, 0.25) is 0 Å². The van der Waals surface area contributed by atoms with Crippen LogP contribution in [0.25, 0.3) is 0 Å². The highest BCUT2D eigenvalue weighted by Gasteiger charge is 2.28. The van der Waals surface area contributed by atoms with Gasteiger partial charge in [-0.25, -0.2) is 4.98 Å². The fraction of sp³-hybridized carbons (Fsp3) is 0.333. The largest absolute Gasteiger partial charge is 0.469 e. The average Bonchev–Trinajstić information content (AvgIpc) is 2.00. The number of nitrogens with one attached hydrogen (secondary N) is 1. The molecule has 0 atom stereocenters. The molecule has 1 rings (SSSR count). The van der Waals surface area contributed by atoms with Crippen LogP contribution in [0.4, 0.5) is 13.2 Å². The minimum absolute atomic E-state index is 0.0441. The molecule has 0 saturated carbocycles. The zero-order valence-electron chi connectivity index (χ0n) is 6.26. The third-order valence-electron chi connectivity index (χ3n) is 1.04. The van der Waals surface area contributed by atoms with Crippen LogP contribution in [-0.2, 0) is 0 Å². The summed E-state index contributed by atoms with van der Waals surface area (Å²) in [5, 5.41) is 0. The van der Waals surface area contributed by atoms with Gasteiger partial charge in [-0.15, -0.1) is 0 Å². The van der Waals surface area contributed by atoms with Gasteiger partial charge in [-0.1, -0.05) is 0 Å². The average molecular weight is 210 g/mol. The van der Waals surface area contributed by atoms with Gasteiger partial charge in [0.25, 0.3) is 0 Å². The normalized spacial score (nSPS) is 11.3. The van der Waals surface area contributed by atoms with Gasteiger partial charge in [-0.05, 0) is 12.2 Å². The van der Waals surface area contributed by atoms with Crippen LogP contribution in [0.3, 0.4) is 0 Å². The molecule has 0 bridgehead atoms. The Morgan fingerprint density at radius 1 is 1.54 bits per heavy atom. The Balaban J connectivity index is 2.60. The molecule has 0 aliphatic carbocycles. The Hall–Kier alpha value is -1.11. The monoisotopic (exact) mass is 210 g/mol. The summed E-state index contributed by atoms with van der Waals surface area (Å²) in [5.41, 5.74) is 0. The van der Waals surface area contributed by atoms with Crippen molar-refractivity contribution in [3.63, 3.8) is 0 Å². The van der Waals surface area contributed by atoms with E-state index in [2.05, 4.69) is 26.9 Å². The number of alkyl halides is 3. The lowest BCUT2D eigenvalue weighted by molar-refractivity contribution is -0.154. The summed E-state index contributed by atoms with van der Waals surface area (Å²) in [6, 6.07) is 1.27. The Kier molecular flexibility index (Phi) is 2.86. The molecule has 0 spiro atoms. The van der Waals surface area contributed by atoms with Crippen LogP contribution >= 0.6 is 12.2 Å². The molecule has 0 aromatic carbocycles. The molecule has 1 heterocycles. The van der Waals surface area contributed by atoms with Gasteiger partial charge >= 0.3 is 6.18 Å². The van der Waals surface area contributed by atoms with Crippen molar-refractivity contribution >= 4 is 12.2 Å². The van der Waals surface area contributed by atoms with E-state index < -0.39 is 12.8 Å². The molecule has 0 aliphatic rings. The molecule has 13 heavy (non-hydrogen) atoms. The quantitative estimate of drug-likeness (QED) is 0.759. The van der Waals surface area contributed by atoms with Crippen LogP contribution < -0.4 is 4.74 Å². The summed E-state index contributed by atoms with van der Waals surface area (Å²) in [4.78, 5) is 5.94. The van der Waals surface area contributed by atoms with Gasteiger partial charge in [0.1, 0.15) is 0 Å². The van der Waals surface area contributed by atoms with Crippen LogP contribution in [0.2, 0.25) is 0 Å². The molecule has 0 saturated heterocycles. The Bertz CT molecular complexity index is 335. The number of hydrogen-bond acceptors (Lipinski definition) is 3. The van der Waals surface area contributed by atoms with Crippen LogP contribution in [0.5, 0.6) is 5.88 Å². The number of hydrogen-bond donors (Lipinski definition) is 1. The van der Waals surface area contributed by atoms with Gasteiger partial charge in [-0.2, -0.15) is 13.2 Å². The van der Waals surface area contributed by atoms with Crippen molar-refractivity contribution < 1.29 is 17.9 Å². The zero-order chi connectivity index (χ0) is 9.90. The van der Waals surface area contributed by atoms with Crippen LogP contribution in [0.15, 0.2) is 12.3 Å². The molecule has 1 N–H and O–H groups in total. The van der Waals surface area contributed by atoms with Crippen LogP contribution in [0.1, 0.15) is 0 Å². The van der Waals surface area contributed by atoms with Crippen molar-refractivity contribution in [1.82, 2.24) is 9.97 Å². The SMILES string of the molecule is FC(F)(F)COc1ccnc(=S)[nH]1. The number of aromatic amines is 1. The molecular weight excluding hydrogens is 205 g/mol.